The van der Waals surface area contributed by atoms with Crippen LogP contribution in [0.2, 0.25) is 15.1 Å². The molecule has 0 atom stereocenters. The number of unbranched alkanes of at least 4 members (excludes halogenated alkanes) is 9. The molecule has 0 aliphatic carbocycles. The van der Waals surface area contributed by atoms with E-state index in [9.17, 15) is 9.59 Å². The Balaban J connectivity index is 1.48. The lowest BCUT2D eigenvalue weighted by molar-refractivity contribution is -0.125. The first-order valence-electron chi connectivity index (χ1n) is 13.8. The molecule has 2 amide bonds. The highest BCUT2D eigenvalue weighted by molar-refractivity contribution is 6.42. The fourth-order valence-electron chi connectivity index (χ4n) is 4.52. The second-order valence-corrected chi connectivity index (χ2v) is 11.1. The Hall–Kier alpha value is -2.28. The van der Waals surface area contributed by atoms with E-state index in [4.69, 9.17) is 39.5 Å². The van der Waals surface area contributed by atoms with E-state index in [0.717, 1.165) is 22.7 Å². The Morgan fingerprint density at radius 2 is 1.49 bits per heavy atom. The van der Waals surface area contributed by atoms with E-state index in [1.165, 1.54) is 81.7 Å². The Morgan fingerprint density at radius 1 is 0.923 bits per heavy atom. The van der Waals surface area contributed by atoms with E-state index < -0.39 is 0 Å². The van der Waals surface area contributed by atoms with Crippen molar-refractivity contribution in [2.24, 2.45) is 5.10 Å². The molecule has 1 aliphatic rings. The number of halogens is 3. The van der Waals surface area contributed by atoms with Gasteiger partial charge >= 0.3 is 0 Å². The second-order valence-electron chi connectivity index (χ2n) is 9.90. The summed E-state index contributed by atoms with van der Waals surface area (Å²) < 4.78 is 5.90. The summed E-state index contributed by atoms with van der Waals surface area (Å²) >= 11 is 18.6. The molecule has 0 bridgehead atoms. The third kappa shape index (κ3) is 9.70. The average molecular weight is 595 g/mol. The Labute approximate surface area is 247 Å². The maximum Gasteiger partial charge on any atom is 0.255 e. The van der Waals surface area contributed by atoms with Crippen molar-refractivity contribution < 1.29 is 14.3 Å². The molecular weight excluding hydrogens is 557 g/mol. The Kier molecular flexibility index (Phi) is 12.9. The van der Waals surface area contributed by atoms with Crippen molar-refractivity contribution in [1.29, 1.82) is 0 Å². The third-order valence-corrected chi connectivity index (χ3v) is 7.47. The zero-order valence-corrected chi connectivity index (χ0v) is 25.1. The fourth-order valence-corrected chi connectivity index (χ4v) is 5.49. The van der Waals surface area contributed by atoms with E-state index in [0.29, 0.717) is 17.5 Å². The van der Waals surface area contributed by atoms with Crippen molar-refractivity contribution in [2.75, 3.05) is 11.6 Å². The molecule has 6 nitrogen and oxygen atoms in total. The third-order valence-electron chi connectivity index (χ3n) is 6.68. The molecular formula is C30H38Cl3N3O3. The van der Waals surface area contributed by atoms with Crippen LogP contribution in [0.25, 0.3) is 0 Å². The molecule has 2 aromatic carbocycles. The highest BCUT2D eigenvalue weighted by Crippen LogP contribution is 2.38. The predicted octanol–water partition coefficient (Wildman–Crippen LogP) is 9.05. The molecule has 1 heterocycles. The zero-order chi connectivity index (χ0) is 28.2. The molecule has 1 aliphatic heterocycles. The number of carbonyl (C=O) groups is 2. The van der Waals surface area contributed by atoms with E-state index in [1.807, 2.05) is 24.3 Å². The van der Waals surface area contributed by atoms with Crippen molar-refractivity contribution in [3.63, 3.8) is 0 Å². The number of nitrogens with zero attached hydrogens (tertiary/aromatic N) is 3. The van der Waals surface area contributed by atoms with E-state index >= 15 is 0 Å². The Bertz CT molecular complexity index is 1120. The summed E-state index contributed by atoms with van der Waals surface area (Å²) in [6.45, 7) is 4.67. The van der Waals surface area contributed by atoms with Gasteiger partial charge in [-0.1, -0.05) is 112 Å². The van der Waals surface area contributed by atoms with Gasteiger partial charge in [0, 0.05) is 11.9 Å². The van der Waals surface area contributed by atoms with Crippen LogP contribution in [0.15, 0.2) is 41.5 Å². The molecule has 9 heteroatoms. The first kappa shape index (κ1) is 31.3. The largest absolute Gasteiger partial charge is 0.494 e. The molecule has 2 aromatic rings. The van der Waals surface area contributed by atoms with Gasteiger partial charge in [-0.05, 0) is 36.2 Å². The molecule has 0 unspecified atom stereocenters. The maximum absolute atomic E-state index is 12.8. The van der Waals surface area contributed by atoms with E-state index in [2.05, 4.69) is 12.0 Å². The summed E-state index contributed by atoms with van der Waals surface area (Å²) in [7, 11) is 0. The van der Waals surface area contributed by atoms with Crippen LogP contribution < -0.4 is 9.75 Å². The lowest BCUT2D eigenvalue weighted by atomic mass is 10.1. The summed E-state index contributed by atoms with van der Waals surface area (Å²) in [6.07, 6.45) is 12.8. The molecule has 0 spiro atoms. The van der Waals surface area contributed by atoms with E-state index in [-0.39, 0.29) is 40.5 Å². The van der Waals surface area contributed by atoms with Gasteiger partial charge in [-0.25, -0.2) is 0 Å². The lowest BCUT2D eigenvalue weighted by Gasteiger charge is -2.20. The van der Waals surface area contributed by atoms with E-state index in [1.54, 1.807) is 0 Å². The number of hydrazone groups is 1. The molecule has 0 N–H and O–H groups in total. The van der Waals surface area contributed by atoms with Crippen LogP contribution in [-0.2, 0) is 16.1 Å². The number of carbonyl (C=O) groups excluding carboxylic acids is 2. The molecule has 39 heavy (non-hydrogen) atoms. The first-order chi connectivity index (χ1) is 18.8. The molecule has 0 radical (unpaired) electrons. The minimum atomic E-state index is -0.335. The fraction of sp³-hybridized carbons (Fsp3) is 0.500. The van der Waals surface area contributed by atoms with Crippen molar-refractivity contribution in [1.82, 2.24) is 4.90 Å². The topological polar surface area (TPSA) is 62.2 Å². The van der Waals surface area contributed by atoms with Gasteiger partial charge in [0.25, 0.3) is 5.91 Å². The first-order valence-corrected chi connectivity index (χ1v) is 15.0. The summed E-state index contributed by atoms with van der Waals surface area (Å²) in [5.74, 6) is 0.572. The van der Waals surface area contributed by atoms with Gasteiger partial charge in [-0.2, -0.15) is 10.1 Å². The molecule has 0 aromatic heterocycles. The van der Waals surface area contributed by atoms with Crippen molar-refractivity contribution >= 4 is 58.1 Å². The van der Waals surface area contributed by atoms with Crippen LogP contribution in [0.3, 0.4) is 0 Å². The number of ether oxygens (including phenoxy) is 1. The number of rotatable bonds is 15. The molecule has 0 saturated heterocycles. The maximum atomic E-state index is 12.8. The minimum absolute atomic E-state index is 0.0467. The van der Waals surface area contributed by atoms with Crippen molar-refractivity contribution in [2.45, 2.75) is 91.0 Å². The number of amides is 2. The van der Waals surface area contributed by atoms with Crippen LogP contribution in [0.4, 0.5) is 5.69 Å². The molecule has 3 rings (SSSR count). The number of amidine groups is 1. The summed E-state index contributed by atoms with van der Waals surface area (Å²) in [5.41, 5.74) is 1.14. The predicted molar refractivity (Wildman–Crippen MR) is 161 cm³/mol. The normalized spacial score (nSPS) is 13.1. The van der Waals surface area contributed by atoms with Crippen LogP contribution in [-0.4, -0.2) is 29.2 Å². The van der Waals surface area contributed by atoms with Gasteiger partial charge in [-0.15, -0.1) is 0 Å². The second kappa shape index (κ2) is 16.1. The number of hydrogen-bond donors (Lipinski definition) is 0. The monoisotopic (exact) mass is 593 g/mol. The molecule has 0 saturated carbocycles. The minimum Gasteiger partial charge on any atom is -0.494 e. The number of hydrogen-bond acceptors (Lipinski definition) is 4. The smallest absolute Gasteiger partial charge is 0.255 e. The summed E-state index contributed by atoms with van der Waals surface area (Å²) in [4.78, 5) is 26.7. The highest BCUT2D eigenvalue weighted by Gasteiger charge is 2.32. The van der Waals surface area contributed by atoms with Crippen molar-refractivity contribution in [3.8, 4) is 5.75 Å². The standard InChI is InChI=1S/C30H38Cl3N3O3/c1-3-4-5-6-7-8-9-10-11-12-17-39-25-15-13-23(14-16-25)21-35(22(2)37)28-20-29(38)36(34-28)30-26(32)18-24(31)19-27(30)33/h13-16,18-19H,3-12,17,20-21H2,1-2H3. The summed E-state index contributed by atoms with van der Waals surface area (Å²) in [5, 5.41) is 6.28. The van der Waals surface area contributed by atoms with Crippen molar-refractivity contribution in [3.05, 3.63) is 57.0 Å². The van der Waals surface area contributed by atoms with Gasteiger partial charge in [0.05, 0.1) is 29.6 Å². The van der Waals surface area contributed by atoms with Gasteiger partial charge < -0.3 is 4.74 Å². The SMILES string of the molecule is CCCCCCCCCCCCOc1ccc(CN(C(C)=O)C2=NN(c3c(Cl)cc(Cl)cc3Cl)C(=O)C2)cc1. The quantitative estimate of drug-likeness (QED) is 0.193. The number of anilines is 1. The zero-order valence-electron chi connectivity index (χ0n) is 22.9. The summed E-state index contributed by atoms with van der Waals surface area (Å²) in [6, 6.07) is 10.6. The average Bonchev–Trinajstić information content (AvgIpc) is 3.26. The van der Waals surface area contributed by atoms with Crippen LogP contribution in [0.1, 0.15) is 90.0 Å². The lowest BCUT2D eigenvalue weighted by Crippen LogP contribution is -2.34. The highest BCUT2D eigenvalue weighted by atomic mass is 35.5. The Morgan fingerprint density at radius 3 is 2.05 bits per heavy atom. The van der Waals surface area contributed by atoms with Gasteiger partial charge in [0.15, 0.2) is 0 Å². The molecule has 0 fully saturated rings. The van der Waals surface area contributed by atoms with Crippen LogP contribution >= 0.6 is 34.8 Å². The molecule has 212 valence electrons. The van der Waals surface area contributed by atoms with Gasteiger partial charge in [0.2, 0.25) is 5.91 Å². The van der Waals surface area contributed by atoms with Gasteiger partial charge in [-0.3, -0.25) is 14.5 Å². The van der Waals surface area contributed by atoms with Gasteiger partial charge in [0.1, 0.15) is 17.3 Å². The number of benzene rings is 2. The van der Waals surface area contributed by atoms with Crippen LogP contribution in [0.5, 0.6) is 5.75 Å². The van der Waals surface area contributed by atoms with Crippen LogP contribution in [0, 0.1) is 0 Å².